The zero-order valence-electron chi connectivity index (χ0n) is 8.08. The fourth-order valence-electron chi connectivity index (χ4n) is 0.985. The highest BCUT2D eigenvalue weighted by Gasteiger charge is 1.97. The number of nitrogen functional groups attached to an aromatic ring is 1. The first-order valence-electron chi connectivity index (χ1n) is 4.39. The molecule has 0 saturated carbocycles. The van der Waals surface area contributed by atoms with E-state index in [1.807, 2.05) is 0 Å². The molecule has 5 nitrogen and oxygen atoms in total. The Morgan fingerprint density at radius 3 is 3.00 bits per heavy atom. The molecule has 0 aliphatic carbocycles. The lowest BCUT2D eigenvalue weighted by molar-refractivity contribution is -0.118. The molecule has 1 heterocycles. The second kappa shape index (κ2) is 5.06. The van der Waals surface area contributed by atoms with Gasteiger partial charge in [0.15, 0.2) is 0 Å². The van der Waals surface area contributed by atoms with Crippen LogP contribution < -0.4 is 16.4 Å². The monoisotopic (exact) mass is 194 g/mol. The van der Waals surface area contributed by atoms with Crippen molar-refractivity contribution < 1.29 is 4.79 Å². The lowest BCUT2D eigenvalue weighted by Crippen LogP contribution is -2.26. The number of carbonyl (C=O) groups is 1. The van der Waals surface area contributed by atoms with Gasteiger partial charge in [0.2, 0.25) is 5.91 Å². The molecule has 0 unspecified atom stereocenters. The minimum atomic E-state index is -0.0409. The number of carbonyl (C=O) groups excluding carboxylic acids is 1. The standard InChI is InChI=1S/C9H14N4O/c1-7(14)11-5-6-13-9-8(10)3-2-4-12-9/h2-4H,5-6,10H2,1H3,(H,11,14)(H,12,13). The van der Waals surface area contributed by atoms with Crippen molar-refractivity contribution in [3.05, 3.63) is 18.3 Å². The van der Waals surface area contributed by atoms with Crippen molar-refractivity contribution in [1.29, 1.82) is 0 Å². The molecule has 0 fully saturated rings. The Labute approximate surface area is 82.7 Å². The van der Waals surface area contributed by atoms with E-state index < -0.39 is 0 Å². The molecule has 14 heavy (non-hydrogen) atoms. The van der Waals surface area contributed by atoms with Crippen molar-refractivity contribution >= 4 is 17.4 Å². The summed E-state index contributed by atoms with van der Waals surface area (Å²) in [6.07, 6.45) is 1.66. The summed E-state index contributed by atoms with van der Waals surface area (Å²) in [6, 6.07) is 3.54. The summed E-state index contributed by atoms with van der Waals surface area (Å²) >= 11 is 0. The average Bonchev–Trinajstić information content (AvgIpc) is 2.15. The predicted octanol–water partition coefficient (Wildman–Crippen LogP) is 0.212. The molecule has 1 rings (SSSR count). The van der Waals surface area contributed by atoms with E-state index in [-0.39, 0.29) is 5.91 Å². The van der Waals surface area contributed by atoms with Crippen LogP contribution >= 0.6 is 0 Å². The Bertz CT molecular complexity index is 313. The molecule has 0 atom stereocenters. The van der Waals surface area contributed by atoms with Gasteiger partial charge in [-0.1, -0.05) is 0 Å². The van der Waals surface area contributed by atoms with Crippen LogP contribution in [0.3, 0.4) is 0 Å². The largest absolute Gasteiger partial charge is 0.396 e. The molecular formula is C9H14N4O. The molecule has 76 valence electrons. The normalized spacial score (nSPS) is 9.50. The second-order valence-electron chi connectivity index (χ2n) is 2.85. The van der Waals surface area contributed by atoms with E-state index in [1.54, 1.807) is 18.3 Å². The van der Waals surface area contributed by atoms with Crippen LogP contribution in [0.15, 0.2) is 18.3 Å². The summed E-state index contributed by atoms with van der Waals surface area (Å²) in [5.74, 6) is 0.610. The zero-order chi connectivity index (χ0) is 10.4. The first-order valence-corrected chi connectivity index (χ1v) is 4.39. The molecule has 1 aromatic rings. The van der Waals surface area contributed by atoms with Gasteiger partial charge in [0.05, 0.1) is 5.69 Å². The molecular weight excluding hydrogens is 180 g/mol. The summed E-state index contributed by atoms with van der Waals surface area (Å²) in [5.41, 5.74) is 6.26. The van der Waals surface area contributed by atoms with Gasteiger partial charge < -0.3 is 16.4 Å². The minimum Gasteiger partial charge on any atom is -0.396 e. The number of nitrogens with zero attached hydrogens (tertiary/aromatic N) is 1. The van der Waals surface area contributed by atoms with Crippen LogP contribution in [-0.4, -0.2) is 24.0 Å². The third kappa shape index (κ3) is 3.30. The summed E-state index contributed by atoms with van der Waals surface area (Å²) in [7, 11) is 0. The minimum absolute atomic E-state index is 0.0409. The van der Waals surface area contributed by atoms with Gasteiger partial charge in [-0.05, 0) is 12.1 Å². The quantitative estimate of drug-likeness (QED) is 0.599. The fraction of sp³-hybridized carbons (Fsp3) is 0.333. The summed E-state index contributed by atoms with van der Waals surface area (Å²) in [4.78, 5) is 14.6. The van der Waals surface area contributed by atoms with Crippen LogP contribution in [0.2, 0.25) is 0 Å². The third-order valence-corrected chi connectivity index (χ3v) is 1.63. The number of rotatable bonds is 4. The number of hydrogen-bond acceptors (Lipinski definition) is 4. The van der Waals surface area contributed by atoms with Crippen molar-refractivity contribution in [2.45, 2.75) is 6.92 Å². The Balaban J connectivity index is 2.31. The number of amides is 1. The lowest BCUT2D eigenvalue weighted by Gasteiger charge is -2.07. The molecule has 0 saturated heterocycles. The number of pyridine rings is 1. The van der Waals surface area contributed by atoms with E-state index in [0.29, 0.717) is 24.6 Å². The Kier molecular flexibility index (Phi) is 3.72. The van der Waals surface area contributed by atoms with Crippen LogP contribution in [0.25, 0.3) is 0 Å². The Morgan fingerprint density at radius 2 is 2.36 bits per heavy atom. The number of nitrogens with one attached hydrogen (secondary N) is 2. The first-order chi connectivity index (χ1) is 6.70. The van der Waals surface area contributed by atoms with Crippen LogP contribution in [0.4, 0.5) is 11.5 Å². The van der Waals surface area contributed by atoms with E-state index >= 15 is 0 Å². The smallest absolute Gasteiger partial charge is 0.216 e. The molecule has 1 amide bonds. The van der Waals surface area contributed by atoms with Gasteiger partial charge in [-0.25, -0.2) is 4.98 Å². The van der Waals surface area contributed by atoms with E-state index in [9.17, 15) is 4.79 Å². The summed E-state index contributed by atoms with van der Waals surface area (Å²) < 4.78 is 0. The van der Waals surface area contributed by atoms with Crippen molar-refractivity contribution in [2.24, 2.45) is 0 Å². The van der Waals surface area contributed by atoms with Gasteiger partial charge in [-0.3, -0.25) is 4.79 Å². The van der Waals surface area contributed by atoms with Gasteiger partial charge in [-0.2, -0.15) is 0 Å². The summed E-state index contributed by atoms with van der Waals surface area (Å²) in [5, 5.41) is 5.68. The SMILES string of the molecule is CC(=O)NCCNc1ncccc1N. The maximum atomic E-state index is 10.5. The molecule has 0 radical (unpaired) electrons. The average molecular weight is 194 g/mol. The van der Waals surface area contributed by atoms with Crippen LogP contribution in [0.5, 0.6) is 0 Å². The van der Waals surface area contributed by atoms with Gasteiger partial charge in [0.25, 0.3) is 0 Å². The lowest BCUT2D eigenvalue weighted by atomic mass is 10.4. The number of anilines is 2. The number of hydrogen-bond donors (Lipinski definition) is 3. The predicted molar refractivity (Wildman–Crippen MR) is 55.8 cm³/mol. The van der Waals surface area contributed by atoms with Crippen LogP contribution in [0, 0.1) is 0 Å². The van der Waals surface area contributed by atoms with Crippen molar-refractivity contribution in [2.75, 3.05) is 24.1 Å². The number of aromatic nitrogens is 1. The van der Waals surface area contributed by atoms with Crippen molar-refractivity contribution in [1.82, 2.24) is 10.3 Å². The van der Waals surface area contributed by atoms with Crippen molar-refractivity contribution in [3.63, 3.8) is 0 Å². The highest BCUT2D eigenvalue weighted by molar-refractivity contribution is 5.72. The Morgan fingerprint density at radius 1 is 1.57 bits per heavy atom. The van der Waals surface area contributed by atoms with Gasteiger partial charge in [0, 0.05) is 26.2 Å². The zero-order valence-corrected chi connectivity index (χ0v) is 8.08. The molecule has 5 heteroatoms. The van der Waals surface area contributed by atoms with Crippen LogP contribution in [-0.2, 0) is 4.79 Å². The van der Waals surface area contributed by atoms with Gasteiger partial charge >= 0.3 is 0 Å². The molecule has 0 aliphatic rings. The van der Waals surface area contributed by atoms with E-state index in [0.717, 1.165) is 0 Å². The molecule has 0 aromatic carbocycles. The maximum absolute atomic E-state index is 10.5. The highest BCUT2D eigenvalue weighted by Crippen LogP contribution is 2.11. The molecule has 0 spiro atoms. The van der Waals surface area contributed by atoms with E-state index in [2.05, 4.69) is 15.6 Å². The molecule has 4 N–H and O–H groups in total. The molecule has 1 aromatic heterocycles. The third-order valence-electron chi connectivity index (χ3n) is 1.63. The first kappa shape index (κ1) is 10.3. The molecule has 0 aliphatic heterocycles. The molecule has 0 bridgehead atoms. The van der Waals surface area contributed by atoms with Crippen LogP contribution in [0.1, 0.15) is 6.92 Å². The van der Waals surface area contributed by atoms with Crippen molar-refractivity contribution in [3.8, 4) is 0 Å². The van der Waals surface area contributed by atoms with E-state index in [1.165, 1.54) is 6.92 Å². The van der Waals surface area contributed by atoms with Gasteiger partial charge in [-0.15, -0.1) is 0 Å². The van der Waals surface area contributed by atoms with E-state index in [4.69, 9.17) is 5.73 Å². The summed E-state index contributed by atoms with van der Waals surface area (Å²) in [6.45, 7) is 2.65. The fourth-order valence-corrected chi connectivity index (χ4v) is 0.985. The topological polar surface area (TPSA) is 80.0 Å². The number of nitrogens with two attached hydrogens (primary N) is 1. The Hall–Kier alpha value is -1.78. The maximum Gasteiger partial charge on any atom is 0.216 e. The highest BCUT2D eigenvalue weighted by atomic mass is 16.1. The second-order valence-corrected chi connectivity index (χ2v) is 2.85. The van der Waals surface area contributed by atoms with Gasteiger partial charge in [0.1, 0.15) is 5.82 Å².